The van der Waals surface area contributed by atoms with Crippen molar-refractivity contribution in [1.82, 2.24) is 9.80 Å². The number of hydrogen-bond acceptors (Lipinski definition) is 7. The van der Waals surface area contributed by atoms with E-state index in [-0.39, 0.29) is 30.8 Å². The van der Waals surface area contributed by atoms with E-state index in [1.807, 2.05) is 12.1 Å². The van der Waals surface area contributed by atoms with Crippen molar-refractivity contribution in [3.05, 3.63) is 29.3 Å². The second-order valence-corrected chi connectivity index (χ2v) is 12.3. The average Bonchev–Trinajstić information content (AvgIpc) is 3.58. The highest BCUT2D eigenvalue weighted by atomic mass is 32.2. The molecule has 1 saturated carbocycles. The number of nitrogens with two attached hydrogens (primary N) is 1. The molecule has 5 atom stereocenters. The van der Waals surface area contributed by atoms with Crippen LogP contribution in [0.1, 0.15) is 47.5 Å². The fourth-order valence-corrected chi connectivity index (χ4v) is 7.46. The number of rotatable bonds is 6. The third-order valence-corrected chi connectivity index (χ3v) is 9.76. The van der Waals surface area contributed by atoms with E-state index in [2.05, 4.69) is 16.8 Å². The van der Waals surface area contributed by atoms with Crippen LogP contribution in [0.4, 0.5) is 5.69 Å². The van der Waals surface area contributed by atoms with E-state index >= 15 is 0 Å². The summed E-state index contributed by atoms with van der Waals surface area (Å²) in [6, 6.07) is 4.93. The first kappa shape index (κ1) is 25.4. The average molecular weight is 517 g/mol. The van der Waals surface area contributed by atoms with Gasteiger partial charge >= 0.3 is 0 Å². The number of carbonyl (C=O) groups excluding carboxylic acids is 3. The highest BCUT2D eigenvalue weighted by molar-refractivity contribution is 7.85. The Morgan fingerprint density at radius 3 is 2.47 bits per heavy atom. The van der Waals surface area contributed by atoms with E-state index in [9.17, 15) is 18.6 Å². The van der Waals surface area contributed by atoms with Crippen molar-refractivity contribution in [1.29, 1.82) is 0 Å². The summed E-state index contributed by atoms with van der Waals surface area (Å²) in [5, 5.41) is -0.401. The van der Waals surface area contributed by atoms with Crippen LogP contribution in [0.15, 0.2) is 18.2 Å². The number of benzene rings is 1. The third kappa shape index (κ3) is 4.59. The molecule has 4 aliphatic rings. The molecular formula is C26H36N4O5S. The van der Waals surface area contributed by atoms with Crippen LogP contribution in [0.3, 0.4) is 0 Å². The van der Waals surface area contributed by atoms with Crippen LogP contribution in [-0.4, -0.2) is 102 Å². The van der Waals surface area contributed by atoms with Gasteiger partial charge in [0.05, 0.1) is 11.2 Å². The molecule has 2 amide bonds. The van der Waals surface area contributed by atoms with Gasteiger partial charge in [-0.1, -0.05) is 12.8 Å². The number of amides is 2. The highest BCUT2D eigenvalue weighted by Gasteiger charge is 2.55. The van der Waals surface area contributed by atoms with Gasteiger partial charge in [-0.15, -0.1) is 0 Å². The van der Waals surface area contributed by atoms with Crippen molar-refractivity contribution in [2.75, 3.05) is 57.5 Å². The first-order valence-electron chi connectivity index (χ1n) is 12.9. The smallest absolute Gasteiger partial charge is 0.249 e. The summed E-state index contributed by atoms with van der Waals surface area (Å²) in [6.07, 6.45) is 4.86. The summed E-state index contributed by atoms with van der Waals surface area (Å²) in [4.78, 5) is 45.8. The lowest BCUT2D eigenvalue weighted by atomic mass is 9.80. The molecule has 3 saturated heterocycles. The van der Waals surface area contributed by atoms with Gasteiger partial charge in [0.25, 0.3) is 0 Å². The number of fused-ring (bicyclic) bond motifs is 1. The standard InChI is InChI=1S/C26H36N4O5S/c1-28-9-11-29(12-10-28)17-7-8-18(25(27)32)19(13-17)22(16-5-3-4-6-16)26(33)30-14-21(36(2)34)24-23(30)20(31)15-35-24/h7-8,13,16,21-24H,3-6,9-12,14-15H2,1-2H3,(H2,27,32)/t21-,22-,23+,24+,36?/m0/s1. The molecule has 1 aromatic rings. The number of carbonyl (C=O) groups is 3. The largest absolute Gasteiger partial charge is 0.369 e. The van der Waals surface area contributed by atoms with Crippen molar-refractivity contribution in [3.63, 3.8) is 0 Å². The number of ether oxygens (including phenoxy) is 1. The van der Waals surface area contributed by atoms with Gasteiger partial charge in [0.15, 0.2) is 5.78 Å². The minimum atomic E-state index is -1.24. The number of primary amides is 1. The summed E-state index contributed by atoms with van der Waals surface area (Å²) in [5.41, 5.74) is 7.81. The molecule has 3 heterocycles. The number of nitrogens with zero attached hydrogens (tertiary/aromatic N) is 3. The second kappa shape index (κ2) is 10.2. The Morgan fingerprint density at radius 2 is 1.83 bits per heavy atom. The molecule has 3 aliphatic heterocycles. The minimum Gasteiger partial charge on any atom is -0.369 e. The van der Waals surface area contributed by atoms with Gasteiger partial charge in [-0.05, 0) is 49.6 Å². The fourth-order valence-electron chi connectivity index (χ4n) is 6.48. The lowest BCUT2D eigenvalue weighted by Gasteiger charge is -2.35. The first-order valence-corrected chi connectivity index (χ1v) is 14.5. The lowest BCUT2D eigenvalue weighted by Crippen LogP contribution is -2.46. The molecule has 9 nitrogen and oxygen atoms in total. The molecule has 1 aromatic carbocycles. The minimum absolute atomic E-state index is 0.0559. The molecule has 10 heteroatoms. The van der Waals surface area contributed by atoms with Gasteiger partial charge in [0.2, 0.25) is 11.8 Å². The highest BCUT2D eigenvalue weighted by Crippen LogP contribution is 2.43. The summed E-state index contributed by atoms with van der Waals surface area (Å²) in [5.74, 6) is -1.41. The van der Waals surface area contributed by atoms with Gasteiger partial charge in [-0.2, -0.15) is 0 Å². The molecule has 0 spiro atoms. The normalized spacial score (nSPS) is 28.9. The molecule has 0 radical (unpaired) electrons. The molecular weight excluding hydrogens is 480 g/mol. The van der Waals surface area contributed by atoms with E-state index in [4.69, 9.17) is 10.5 Å². The van der Waals surface area contributed by atoms with Crippen LogP contribution < -0.4 is 10.6 Å². The summed E-state index contributed by atoms with van der Waals surface area (Å²) >= 11 is 0. The van der Waals surface area contributed by atoms with Crippen molar-refractivity contribution in [2.24, 2.45) is 11.7 Å². The number of hydrogen-bond donors (Lipinski definition) is 1. The van der Waals surface area contributed by atoms with E-state index in [0.29, 0.717) is 11.1 Å². The van der Waals surface area contributed by atoms with Crippen molar-refractivity contribution < 1.29 is 23.3 Å². The maximum absolute atomic E-state index is 14.3. The zero-order valence-electron chi connectivity index (χ0n) is 21.1. The zero-order chi connectivity index (χ0) is 25.6. The number of likely N-dealkylation sites (N-methyl/N-ethyl adjacent to an activating group) is 1. The quantitative estimate of drug-likeness (QED) is 0.593. The first-order chi connectivity index (χ1) is 17.3. The van der Waals surface area contributed by atoms with Crippen LogP contribution in [0.2, 0.25) is 0 Å². The van der Waals surface area contributed by atoms with Crippen molar-refractivity contribution >= 4 is 34.1 Å². The molecule has 0 aromatic heterocycles. The number of Topliss-reactive ketones (excluding diaryl/α,β-unsaturated/α-hetero) is 1. The number of anilines is 1. The van der Waals surface area contributed by atoms with E-state index in [0.717, 1.165) is 57.5 Å². The second-order valence-electron chi connectivity index (χ2n) is 10.7. The summed E-state index contributed by atoms with van der Waals surface area (Å²) < 4.78 is 18.2. The van der Waals surface area contributed by atoms with Crippen molar-refractivity contribution in [3.8, 4) is 0 Å². The predicted molar refractivity (Wildman–Crippen MR) is 137 cm³/mol. The van der Waals surface area contributed by atoms with E-state index in [1.54, 1.807) is 17.2 Å². The monoisotopic (exact) mass is 516 g/mol. The molecule has 2 N–H and O–H groups in total. The van der Waals surface area contributed by atoms with Gasteiger partial charge in [-0.25, -0.2) is 0 Å². The SMILES string of the molecule is CN1CCN(c2ccc(C(N)=O)c([C@@H](C(=O)N3C[C@H](S(C)=O)[C@H]4OCC(=O)[C@H]43)C3CCCC3)c2)CC1. The molecule has 1 aliphatic carbocycles. The molecule has 5 rings (SSSR count). The summed E-state index contributed by atoms with van der Waals surface area (Å²) in [6.45, 7) is 3.75. The Hall–Kier alpha value is -2.30. The Labute approximate surface area is 214 Å². The van der Waals surface area contributed by atoms with Gasteiger partial charge < -0.3 is 25.2 Å². The number of ketones is 1. The molecule has 196 valence electrons. The van der Waals surface area contributed by atoms with Crippen LogP contribution in [0.5, 0.6) is 0 Å². The number of likely N-dealkylation sites (tertiary alicyclic amines) is 1. The molecule has 0 bridgehead atoms. The van der Waals surface area contributed by atoms with E-state index < -0.39 is 40.0 Å². The van der Waals surface area contributed by atoms with Gasteiger partial charge in [0.1, 0.15) is 18.8 Å². The number of piperazine rings is 1. The fraction of sp³-hybridized carbons (Fsp3) is 0.654. The topological polar surface area (TPSA) is 113 Å². The van der Waals surface area contributed by atoms with Crippen LogP contribution >= 0.6 is 0 Å². The molecule has 36 heavy (non-hydrogen) atoms. The third-order valence-electron chi connectivity index (χ3n) is 8.49. The maximum atomic E-state index is 14.3. The Kier molecular flexibility index (Phi) is 7.20. The van der Waals surface area contributed by atoms with Gasteiger partial charge in [0, 0.05) is 61.0 Å². The van der Waals surface area contributed by atoms with Crippen LogP contribution in [0, 0.1) is 5.92 Å². The Morgan fingerprint density at radius 1 is 1.14 bits per heavy atom. The summed E-state index contributed by atoms with van der Waals surface area (Å²) in [7, 11) is 0.858. The lowest BCUT2D eigenvalue weighted by molar-refractivity contribution is -0.138. The predicted octanol–water partition coefficient (Wildman–Crippen LogP) is 0.737. The molecule has 4 fully saturated rings. The Bertz CT molecular complexity index is 1070. The van der Waals surface area contributed by atoms with Gasteiger partial charge in [-0.3, -0.25) is 18.6 Å². The molecule has 1 unspecified atom stereocenters. The zero-order valence-corrected chi connectivity index (χ0v) is 21.9. The Balaban J connectivity index is 1.55. The van der Waals surface area contributed by atoms with Crippen LogP contribution in [0.25, 0.3) is 0 Å². The van der Waals surface area contributed by atoms with Crippen molar-refractivity contribution in [2.45, 2.75) is 49.0 Å². The van der Waals surface area contributed by atoms with Crippen LogP contribution in [-0.2, 0) is 25.1 Å². The maximum Gasteiger partial charge on any atom is 0.249 e. The van der Waals surface area contributed by atoms with E-state index in [1.165, 1.54) is 0 Å².